The van der Waals surface area contributed by atoms with Crippen molar-refractivity contribution in [1.82, 2.24) is 9.80 Å². The Labute approximate surface area is 108 Å². The summed E-state index contributed by atoms with van der Waals surface area (Å²) in [5.41, 5.74) is 6.91. The van der Waals surface area contributed by atoms with Crippen LogP contribution in [0.4, 0.5) is 4.39 Å². The van der Waals surface area contributed by atoms with E-state index in [2.05, 4.69) is 16.7 Å². The first-order valence-corrected chi connectivity index (χ1v) is 6.65. The van der Waals surface area contributed by atoms with E-state index in [1.165, 1.54) is 0 Å². The smallest absolute Gasteiger partial charge is 0.132 e. The molecule has 1 heterocycles. The predicted octanol–water partition coefficient (Wildman–Crippen LogP) is 1.42. The number of rotatable bonds is 4. The first kappa shape index (κ1) is 13.5. The van der Waals surface area contributed by atoms with E-state index in [0.717, 1.165) is 38.3 Å². The molecular weight excluding hydrogens is 229 g/mol. The van der Waals surface area contributed by atoms with Gasteiger partial charge in [0.15, 0.2) is 0 Å². The highest BCUT2D eigenvalue weighted by Gasteiger charge is 2.17. The first-order chi connectivity index (χ1) is 8.74. The van der Waals surface area contributed by atoms with Gasteiger partial charge >= 0.3 is 0 Å². The minimum absolute atomic E-state index is 0.127. The Bertz CT molecular complexity index is 387. The number of hydrogen-bond acceptors (Lipinski definition) is 3. The Morgan fingerprint density at radius 1 is 1.11 bits per heavy atom. The van der Waals surface area contributed by atoms with E-state index in [1.54, 1.807) is 6.07 Å². The van der Waals surface area contributed by atoms with Crippen molar-refractivity contribution < 1.29 is 4.39 Å². The molecule has 0 aromatic heterocycles. The third kappa shape index (κ3) is 3.07. The minimum atomic E-state index is -0.127. The van der Waals surface area contributed by atoms with Crippen molar-refractivity contribution in [2.75, 3.05) is 32.7 Å². The van der Waals surface area contributed by atoms with Gasteiger partial charge in [-0.2, -0.15) is 0 Å². The van der Waals surface area contributed by atoms with Crippen molar-refractivity contribution >= 4 is 0 Å². The van der Waals surface area contributed by atoms with Crippen LogP contribution in [0, 0.1) is 5.82 Å². The van der Waals surface area contributed by atoms with Crippen molar-refractivity contribution in [2.24, 2.45) is 5.73 Å². The lowest BCUT2D eigenvalue weighted by atomic mass is 10.1. The maximum absolute atomic E-state index is 14.1. The summed E-state index contributed by atoms with van der Waals surface area (Å²) in [5.74, 6) is -0.127. The maximum atomic E-state index is 14.1. The fraction of sp³-hybridized carbons (Fsp3) is 0.571. The lowest BCUT2D eigenvalue weighted by Gasteiger charge is -2.34. The maximum Gasteiger partial charge on any atom is 0.132 e. The van der Waals surface area contributed by atoms with Crippen LogP contribution in [0.1, 0.15) is 18.1 Å². The summed E-state index contributed by atoms with van der Waals surface area (Å²) in [6.07, 6.45) is 0. The number of halogens is 1. The summed E-state index contributed by atoms with van der Waals surface area (Å²) in [7, 11) is 0. The average Bonchev–Trinajstić information content (AvgIpc) is 2.42. The molecule has 1 aromatic rings. The van der Waals surface area contributed by atoms with Gasteiger partial charge in [0.25, 0.3) is 0 Å². The van der Waals surface area contributed by atoms with Gasteiger partial charge in [-0.1, -0.05) is 25.1 Å². The molecule has 0 atom stereocenters. The summed E-state index contributed by atoms with van der Waals surface area (Å²) in [6, 6.07) is 5.51. The number of piperazine rings is 1. The van der Waals surface area contributed by atoms with E-state index in [4.69, 9.17) is 5.73 Å². The molecule has 1 aliphatic heterocycles. The molecule has 0 amide bonds. The van der Waals surface area contributed by atoms with Gasteiger partial charge in [-0.15, -0.1) is 0 Å². The number of benzene rings is 1. The molecule has 2 rings (SSSR count). The van der Waals surface area contributed by atoms with Crippen molar-refractivity contribution in [3.63, 3.8) is 0 Å². The zero-order valence-electron chi connectivity index (χ0n) is 11.0. The fourth-order valence-corrected chi connectivity index (χ4v) is 2.42. The van der Waals surface area contributed by atoms with Crippen molar-refractivity contribution in [3.8, 4) is 0 Å². The molecule has 100 valence electrons. The Hall–Kier alpha value is -0.970. The monoisotopic (exact) mass is 251 g/mol. The van der Waals surface area contributed by atoms with Gasteiger partial charge in [0.2, 0.25) is 0 Å². The van der Waals surface area contributed by atoms with Crippen LogP contribution in [0.25, 0.3) is 0 Å². The number of hydrogen-bond donors (Lipinski definition) is 1. The Kier molecular flexibility index (Phi) is 4.69. The molecule has 1 aliphatic rings. The molecule has 0 aliphatic carbocycles. The van der Waals surface area contributed by atoms with Gasteiger partial charge in [0.05, 0.1) is 0 Å². The van der Waals surface area contributed by atoms with Gasteiger partial charge < -0.3 is 10.6 Å². The van der Waals surface area contributed by atoms with Crippen LogP contribution in [0.2, 0.25) is 0 Å². The predicted molar refractivity (Wildman–Crippen MR) is 71.7 cm³/mol. The second-order valence-corrected chi connectivity index (χ2v) is 4.80. The van der Waals surface area contributed by atoms with Crippen molar-refractivity contribution in [1.29, 1.82) is 0 Å². The van der Waals surface area contributed by atoms with Crippen molar-refractivity contribution in [2.45, 2.75) is 20.0 Å². The average molecular weight is 251 g/mol. The van der Waals surface area contributed by atoms with Gasteiger partial charge in [-0.25, -0.2) is 4.39 Å². The van der Waals surface area contributed by atoms with E-state index in [-0.39, 0.29) is 12.4 Å². The molecule has 4 heteroatoms. The molecule has 3 nitrogen and oxygen atoms in total. The van der Waals surface area contributed by atoms with Crippen LogP contribution in [0.5, 0.6) is 0 Å². The second kappa shape index (κ2) is 6.27. The molecular formula is C14H22FN3. The molecule has 0 spiro atoms. The van der Waals surface area contributed by atoms with Crippen LogP contribution in [-0.4, -0.2) is 42.5 Å². The summed E-state index contributed by atoms with van der Waals surface area (Å²) in [5, 5.41) is 0. The van der Waals surface area contributed by atoms with E-state index in [1.807, 2.05) is 12.1 Å². The second-order valence-electron chi connectivity index (χ2n) is 4.80. The Morgan fingerprint density at radius 2 is 1.72 bits per heavy atom. The van der Waals surface area contributed by atoms with Crippen molar-refractivity contribution in [3.05, 3.63) is 35.1 Å². The standard InChI is InChI=1S/C14H22FN3/c1-2-17-6-8-18(9-7-17)11-13-5-3-4-12(10-16)14(13)15/h3-5H,2,6-11,16H2,1H3. The highest BCUT2D eigenvalue weighted by Crippen LogP contribution is 2.15. The highest BCUT2D eigenvalue weighted by molar-refractivity contribution is 5.25. The van der Waals surface area contributed by atoms with Crippen LogP contribution >= 0.6 is 0 Å². The van der Waals surface area contributed by atoms with E-state index in [9.17, 15) is 4.39 Å². The quantitative estimate of drug-likeness (QED) is 0.878. The summed E-state index contributed by atoms with van der Waals surface area (Å²) < 4.78 is 14.1. The lowest BCUT2D eigenvalue weighted by molar-refractivity contribution is 0.131. The largest absolute Gasteiger partial charge is 0.326 e. The summed E-state index contributed by atoms with van der Waals surface area (Å²) in [6.45, 7) is 8.43. The Balaban J connectivity index is 1.98. The van der Waals surface area contributed by atoms with E-state index in [0.29, 0.717) is 12.1 Å². The number of nitrogens with two attached hydrogens (primary N) is 1. The van der Waals surface area contributed by atoms with Gasteiger partial charge in [0.1, 0.15) is 5.82 Å². The lowest BCUT2D eigenvalue weighted by Crippen LogP contribution is -2.45. The Morgan fingerprint density at radius 3 is 2.33 bits per heavy atom. The number of likely N-dealkylation sites (N-methyl/N-ethyl adjacent to an activating group) is 1. The summed E-state index contributed by atoms with van der Waals surface area (Å²) >= 11 is 0. The van der Waals surface area contributed by atoms with Crippen LogP contribution in [0.15, 0.2) is 18.2 Å². The highest BCUT2D eigenvalue weighted by atomic mass is 19.1. The molecule has 0 bridgehead atoms. The van der Waals surface area contributed by atoms with E-state index < -0.39 is 0 Å². The van der Waals surface area contributed by atoms with Crippen LogP contribution in [0.3, 0.4) is 0 Å². The topological polar surface area (TPSA) is 32.5 Å². The number of nitrogens with zero attached hydrogens (tertiary/aromatic N) is 2. The molecule has 0 unspecified atom stereocenters. The zero-order valence-corrected chi connectivity index (χ0v) is 11.0. The molecule has 2 N–H and O–H groups in total. The molecule has 1 aromatic carbocycles. The normalized spacial score (nSPS) is 18.2. The van der Waals surface area contributed by atoms with Gasteiger partial charge in [-0.05, 0) is 6.54 Å². The van der Waals surface area contributed by atoms with Crippen LogP contribution in [-0.2, 0) is 13.1 Å². The third-order valence-electron chi connectivity index (χ3n) is 3.68. The fourth-order valence-electron chi connectivity index (χ4n) is 2.42. The first-order valence-electron chi connectivity index (χ1n) is 6.65. The van der Waals surface area contributed by atoms with Gasteiger partial charge in [0, 0.05) is 50.4 Å². The molecule has 1 fully saturated rings. The van der Waals surface area contributed by atoms with Gasteiger partial charge in [-0.3, -0.25) is 4.90 Å². The zero-order chi connectivity index (χ0) is 13.0. The molecule has 0 saturated carbocycles. The SMILES string of the molecule is CCN1CCN(Cc2cccc(CN)c2F)CC1. The minimum Gasteiger partial charge on any atom is -0.326 e. The molecule has 0 radical (unpaired) electrons. The summed E-state index contributed by atoms with van der Waals surface area (Å²) in [4.78, 5) is 4.73. The molecule has 18 heavy (non-hydrogen) atoms. The third-order valence-corrected chi connectivity index (χ3v) is 3.68. The van der Waals surface area contributed by atoms with E-state index >= 15 is 0 Å². The molecule has 1 saturated heterocycles. The van der Waals surface area contributed by atoms with Crippen LogP contribution < -0.4 is 5.73 Å².